The van der Waals surface area contributed by atoms with E-state index in [2.05, 4.69) is 15.0 Å². The molecule has 1 amide bonds. The van der Waals surface area contributed by atoms with E-state index in [-0.39, 0.29) is 18.1 Å². The SMILES string of the molecule is NCc1nc(CN2CCN(C(=O)c3ccc([N+](=O)[O-])cc3)CC2)no1. The first-order valence-corrected chi connectivity index (χ1v) is 7.84. The molecule has 1 aromatic carbocycles. The fourth-order valence-electron chi connectivity index (χ4n) is 2.65. The normalized spacial score (nSPS) is 15.3. The van der Waals surface area contributed by atoms with Gasteiger partial charge in [0.2, 0.25) is 5.89 Å². The number of nitrogens with zero attached hydrogens (tertiary/aromatic N) is 5. The van der Waals surface area contributed by atoms with Crippen molar-refractivity contribution in [2.75, 3.05) is 26.2 Å². The number of rotatable bonds is 5. The van der Waals surface area contributed by atoms with Crippen LogP contribution >= 0.6 is 0 Å². The number of non-ortho nitro benzene ring substituents is 1. The molecule has 25 heavy (non-hydrogen) atoms. The Morgan fingerprint density at radius 3 is 2.48 bits per heavy atom. The number of hydrogen-bond donors (Lipinski definition) is 1. The predicted molar refractivity (Wildman–Crippen MR) is 86.5 cm³/mol. The second kappa shape index (κ2) is 7.36. The van der Waals surface area contributed by atoms with Crippen LogP contribution in [0.1, 0.15) is 22.1 Å². The first kappa shape index (κ1) is 17.0. The van der Waals surface area contributed by atoms with E-state index in [0.717, 1.165) is 0 Å². The lowest BCUT2D eigenvalue weighted by Gasteiger charge is -2.34. The molecule has 1 aromatic heterocycles. The molecule has 0 bridgehead atoms. The Hall–Kier alpha value is -2.85. The maximum Gasteiger partial charge on any atom is 0.269 e. The van der Waals surface area contributed by atoms with Gasteiger partial charge in [-0.2, -0.15) is 4.98 Å². The number of benzene rings is 1. The zero-order valence-electron chi connectivity index (χ0n) is 13.5. The van der Waals surface area contributed by atoms with Crippen LogP contribution in [0.2, 0.25) is 0 Å². The topological polar surface area (TPSA) is 132 Å². The molecule has 10 heteroatoms. The van der Waals surface area contributed by atoms with Crippen LogP contribution in [0, 0.1) is 10.1 Å². The minimum atomic E-state index is -0.485. The van der Waals surface area contributed by atoms with Gasteiger partial charge in [0.1, 0.15) is 0 Å². The molecule has 0 radical (unpaired) electrons. The molecule has 1 fully saturated rings. The third-order valence-corrected chi connectivity index (χ3v) is 4.03. The molecule has 0 saturated carbocycles. The molecule has 1 aliphatic heterocycles. The number of nitro groups is 1. The maximum atomic E-state index is 12.5. The van der Waals surface area contributed by atoms with Gasteiger partial charge in [-0.05, 0) is 12.1 Å². The molecule has 2 aromatic rings. The minimum Gasteiger partial charge on any atom is -0.338 e. The van der Waals surface area contributed by atoms with E-state index in [1.54, 1.807) is 4.90 Å². The average molecular weight is 346 g/mol. The van der Waals surface area contributed by atoms with Crippen molar-refractivity contribution in [1.29, 1.82) is 0 Å². The van der Waals surface area contributed by atoms with E-state index in [1.165, 1.54) is 24.3 Å². The van der Waals surface area contributed by atoms with Crippen molar-refractivity contribution < 1.29 is 14.2 Å². The highest BCUT2D eigenvalue weighted by molar-refractivity contribution is 5.94. The molecule has 2 heterocycles. The Morgan fingerprint density at radius 2 is 1.92 bits per heavy atom. The highest BCUT2D eigenvalue weighted by atomic mass is 16.6. The van der Waals surface area contributed by atoms with Crippen molar-refractivity contribution in [3.05, 3.63) is 51.7 Å². The summed E-state index contributed by atoms with van der Waals surface area (Å²) in [6.07, 6.45) is 0. The van der Waals surface area contributed by atoms with Crippen LogP contribution in [0.15, 0.2) is 28.8 Å². The molecular formula is C15H18N6O4. The zero-order valence-corrected chi connectivity index (χ0v) is 13.5. The summed E-state index contributed by atoms with van der Waals surface area (Å²) in [5.74, 6) is 0.858. The molecule has 10 nitrogen and oxygen atoms in total. The number of nitrogens with two attached hydrogens (primary N) is 1. The molecule has 1 saturated heterocycles. The lowest BCUT2D eigenvalue weighted by Crippen LogP contribution is -2.48. The lowest BCUT2D eigenvalue weighted by molar-refractivity contribution is -0.384. The smallest absolute Gasteiger partial charge is 0.269 e. The zero-order chi connectivity index (χ0) is 17.8. The third kappa shape index (κ3) is 3.98. The van der Waals surface area contributed by atoms with Crippen molar-refractivity contribution in [1.82, 2.24) is 19.9 Å². The summed E-state index contributed by atoms with van der Waals surface area (Å²) >= 11 is 0. The number of piperazine rings is 1. The quantitative estimate of drug-likeness (QED) is 0.607. The summed E-state index contributed by atoms with van der Waals surface area (Å²) in [6, 6.07) is 5.66. The van der Waals surface area contributed by atoms with E-state index < -0.39 is 4.92 Å². The summed E-state index contributed by atoms with van der Waals surface area (Å²) < 4.78 is 4.97. The van der Waals surface area contributed by atoms with Gasteiger partial charge in [0.25, 0.3) is 11.6 Å². The monoisotopic (exact) mass is 346 g/mol. The molecule has 132 valence electrons. The largest absolute Gasteiger partial charge is 0.338 e. The molecule has 3 rings (SSSR count). The van der Waals surface area contributed by atoms with Gasteiger partial charge in [0.05, 0.1) is 18.0 Å². The van der Waals surface area contributed by atoms with Crippen LogP contribution in [0.25, 0.3) is 0 Å². The summed E-state index contributed by atoms with van der Waals surface area (Å²) in [5.41, 5.74) is 5.86. The van der Waals surface area contributed by atoms with Gasteiger partial charge >= 0.3 is 0 Å². The molecule has 0 atom stereocenters. The average Bonchev–Trinajstić information content (AvgIpc) is 3.09. The minimum absolute atomic E-state index is 0.0293. The fourth-order valence-corrected chi connectivity index (χ4v) is 2.65. The number of carbonyl (C=O) groups is 1. The van der Waals surface area contributed by atoms with Crippen LogP contribution < -0.4 is 5.73 Å². The Kier molecular flexibility index (Phi) is 5.00. The van der Waals surface area contributed by atoms with Crippen molar-refractivity contribution in [3.63, 3.8) is 0 Å². The number of nitro benzene ring substituents is 1. The summed E-state index contributed by atoms with van der Waals surface area (Å²) in [6.45, 7) is 3.26. The number of aromatic nitrogens is 2. The van der Waals surface area contributed by atoms with Gasteiger partial charge in [0.15, 0.2) is 5.82 Å². The van der Waals surface area contributed by atoms with Crippen molar-refractivity contribution in [3.8, 4) is 0 Å². The second-order valence-electron chi connectivity index (χ2n) is 5.68. The Morgan fingerprint density at radius 1 is 1.24 bits per heavy atom. The molecular weight excluding hydrogens is 328 g/mol. The molecule has 0 unspecified atom stereocenters. The van der Waals surface area contributed by atoms with Crippen LogP contribution in [0.5, 0.6) is 0 Å². The Balaban J connectivity index is 1.54. The van der Waals surface area contributed by atoms with E-state index in [0.29, 0.717) is 50.0 Å². The van der Waals surface area contributed by atoms with Gasteiger partial charge in [-0.1, -0.05) is 5.16 Å². The first-order chi connectivity index (χ1) is 12.1. The second-order valence-corrected chi connectivity index (χ2v) is 5.68. The summed E-state index contributed by atoms with van der Waals surface area (Å²) in [4.78, 5) is 30.7. The number of hydrogen-bond acceptors (Lipinski definition) is 8. The Bertz CT molecular complexity index is 752. The standard InChI is InChI=1S/C15H18N6O4/c16-9-14-17-13(18-25-14)10-19-5-7-20(8-6-19)15(22)11-1-3-12(4-2-11)21(23)24/h1-4H,5-10,16H2. The lowest BCUT2D eigenvalue weighted by atomic mass is 10.1. The van der Waals surface area contributed by atoms with Crippen molar-refractivity contribution in [2.24, 2.45) is 5.73 Å². The van der Waals surface area contributed by atoms with Crippen molar-refractivity contribution >= 4 is 11.6 Å². The van der Waals surface area contributed by atoms with E-state index >= 15 is 0 Å². The van der Waals surface area contributed by atoms with Crippen LogP contribution in [-0.4, -0.2) is 56.9 Å². The number of carbonyl (C=O) groups excluding carboxylic acids is 1. The molecule has 1 aliphatic rings. The molecule has 0 aliphatic carbocycles. The van der Waals surface area contributed by atoms with E-state index in [1.807, 2.05) is 0 Å². The third-order valence-electron chi connectivity index (χ3n) is 4.03. The van der Waals surface area contributed by atoms with Crippen LogP contribution in [0.4, 0.5) is 5.69 Å². The van der Waals surface area contributed by atoms with E-state index in [9.17, 15) is 14.9 Å². The highest BCUT2D eigenvalue weighted by Gasteiger charge is 2.23. The fraction of sp³-hybridized carbons (Fsp3) is 0.400. The van der Waals surface area contributed by atoms with Gasteiger partial charge in [0, 0.05) is 43.9 Å². The van der Waals surface area contributed by atoms with Crippen molar-refractivity contribution in [2.45, 2.75) is 13.1 Å². The van der Waals surface area contributed by atoms with Crippen LogP contribution in [0.3, 0.4) is 0 Å². The van der Waals surface area contributed by atoms with Gasteiger partial charge in [-0.3, -0.25) is 19.8 Å². The Labute approximate surface area is 143 Å². The molecule has 2 N–H and O–H groups in total. The first-order valence-electron chi connectivity index (χ1n) is 7.84. The van der Waals surface area contributed by atoms with Gasteiger partial charge in [-0.15, -0.1) is 0 Å². The molecule has 0 spiro atoms. The highest BCUT2D eigenvalue weighted by Crippen LogP contribution is 2.15. The predicted octanol–water partition coefficient (Wildman–Crippen LogP) is 0.394. The summed E-state index contributed by atoms with van der Waals surface area (Å²) in [7, 11) is 0. The van der Waals surface area contributed by atoms with Gasteiger partial charge in [-0.25, -0.2) is 0 Å². The summed E-state index contributed by atoms with van der Waals surface area (Å²) in [5, 5.41) is 14.5. The van der Waals surface area contributed by atoms with Crippen LogP contribution in [-0.2, 0) is 13.1 Å². The maximum absolute atomic E-state index is 12.5. The number of amides is 1. The van der Waals surface area contributed by atoms with Gasteiger partial charge < -0.3 is 15.2 Å². The van der Waals surface area contributed by atoms with E-state index in [4.69, 9.17) is 10.3 Å².